The van der Waals surface area contributed by atoms with Crippen molar-refractivity contribution in [2.45, 2.75) is 25.8 Å². The van der Waals surface area contributed by atoms with Crippen LogP contribution in [0.2, 0.25) is 0 Å². The van der Waals surface area contributed by atoms with Crippen molar-refractivity contribution in [2.75, 3.05) is 5.32 Å². The monoisotopic (exact) mass is 453 g/mol. The minimum Gasteiger partial charge on any atom is -0.371 e. The second-order valence-electron chi connectivity index (χ2n) is 9.49. The van der Waals surface area contributed by atoms with Gasteiger partial charge in [-0.25, -0.2) is 0 Å². The first-order valence-corrected chi connectivity index (χ1v) is 12.2. The third-order valence-electron chi connectivity index (χ3n) is 7.15. The Hall–Kier alpha value is -4.17. The van der Waals surface area contributed by atoms with Gasteiger partial charge < -0.3 is 5.32 Å². The van der Waals surface area contributed by atoms with Gasteiger partial charge in [0, 0.05) is 17.2 Å². The van der Waals surface area contributed by atoms with Gasteiger partial charge in [0.15, 0.2) is 5.78 Å². The molecule has 1 aliphatic carbocycles. The normalized spacial score (nSPS) is 14.6. The van der Waals surface area contributed by atoms with Crippen molar-refractivity contribution in [1.29, 1.82) is 0 Å². The Kier molecular flexibility index (Phi) is 5.22. The van der Waals surface area contributed by atoms with Gasteiger partial charge in [-0.1, -0.05) is 115 Å². The minimum atomic E-state index is -0.400. The van der Waals surface area contributed by atoms with Gasteiger partial charge in [0.25, 0.3) is 0 Å². The van der Waals surface area contributed by atoms with E-state index in [1.165, 1.54) is 22.3 Å². The van der Waals surface area contributed by atoms with Crippen LogP contribution in [0, 0.1) is 13.8 Å². The summed E-state index contributed by atoms with van der Waals surface area (Å²) in [5, 5.41) is 5.92. The third kappa shape index (κ3) is 3.63. The maximum Gasteiger partial charge on any atom is 0.190 e. The van der Waals surface area contributed by atoms with Crippen molar-refractivity contribution in [2.24, 2.45) is 0 Å². The Labute approximate surface area is 206 Å². The van der Waals surface area contributed by atoms with Gasteiger partial charge in [-0.15, -0.1) is 0 Å². The molecule has 1 unspecified atom stereocenters. The summed E-state index contributed by atoms with van der Waals surface area (Å²) >= 11 is 0. The average molecular weight is 454 g/mol. The number of anilines is 1. The molecule has 5 aromatic rings. The number of hydrogen-bond acceptors (Lipinski definition) is 2. The molecule has 0 amide bonds. The van der Waals surface area contributed by atoms with Crippen LogP contribution in [-0.4, -0.2) is 5.78 Å². The number of hydrogen-bond donors (Lipinski definition) is 1. The number of nitrogens with one attached hydrogen (secondary N) is 1. The molecule has 0 fully saturated rings. The number of carbonyl (C=O) groups excluding carboxylic acids is 1. The van der Waals surface area contributed by atoms with Crippen molar-refractivity contribution >= 4 is 22.2 Å². The molecule has 0 aliphatic heterocycles. The standard InChI is InChI=1S/C33H27NO/c1-21-19-22(2)31(34-32-26-17-9-15-25-16-10-18-27(30(25)26)33(32)35)28(20-21)29(23-11-5-3-6-12-23)24-13-7-4-8-14-24/h3-20,29,32,34H,1-2H3. The Bertz CT molecular complexity index is 1510. The van der Waals surface area contributed by atoms with Crippen molar-refractivity contribution in [3.05, 3.63) is 148 Å². The maximum atomic E-state index is 13.6. The molecule has 0 saturated carbocycles. The first-order chi connectivity index (χ1) is 17.1. The van der Waals surface area contributed by atoms with Crippen LogP contribution in [0.5, 0.6) is 0 Å². The number of carbonyl (C=O) groups is 1. The zero-order chi connectivity index (χ0) is 23.9. The van der Waals surface area contributed by atoms with E-state index in [-0.39, 0.29) is 11.7 Å². The first-order valence-electron chi connectivity index (χ1n) is 12.2. The molecule has 5 aromatic carbocycles. The Morgan fingerprint density at radius 1 is 0.714 bits per heavy atom. The van der Waals surface area contributed by atoms with Gasteiger partial charge in [-0.2, -0.15) is 0 Å². The van der Waals surface area contributed by atoms with Gasteiger partial charge >= 0.3 is 0 Å². The van der Waals surface area contributed by atoms with Crippen LogP contribution in [0.1, 0.15) is 55.7 Å². The fourth-order valence-corrected chi connectivity index (χ4v) is 5.67. The molecule has 35 heavy (non-hydrogen) atoms. The highest BCUT2D eigenvalue weighted by Crippen LogP contribution is 2.43. The summed E-state index contributed by atoms with van der Waals surface area (Å²) in [5.74, 6) is 0.187. The van der Waals surface area contributed by atoms with E-state index in [0.717, 1.165) is 33.2 Å². The van der Waals surface area contributed by atoms with Gasteiger partial charge in [0.05, 0.1) is 0 Å². The van der Waals surface area contributed by atoms with Crippen molar-refractivity contribution in [3.63, 3.8) is 0 Å². The Morgan fingerprint density at radius 3 is 2.00 bits per heavy atom. The Balaban J connectivity index is 1.52. The minimum absolute atomic E-state index is 0.0492. The zero-order valence-electron chi connectivity index (χ0n) is 20.0. The molecule has 0 radical (unpaired) electrons. The SMILES string of the molecule is Cc1cc(C)c(NC2C(=O)c3cccc4cccc2c34)c(C(c2ccccc2)c2ccccc2)c1. The van der Waals surface area contributed by atoms with E-state index < -0.39 is 6.04 Å². The Morgan fingerprint density at radius 2 is 1.34 bits per heavy atom. The van der Waals surface area contributed by atoms with E-state index in [2.05, 4.69) is 110 Å². The molecule has 1 N–H and O–H groups in total. The van der Waals surface area contributed by atoms with Gasteiger partial charge in [0.1, 0.15) is 6.04 Å². The summed E-state index contributed by atoms with van der Waals surface area (Å²) in [7, 11) is 0. The highest BCUT2D eigenvalue weighted by molar-refractivity contribution is 6.18. The van der Waals surface area contributed by atoms with Gasteiger partial charge in [-0.3, -0.25) is 4.79 Å². The zero-order valence-corrected chi connectivity index (χ0v) is 20.0. The van der Waals surface area contributed by atoms with Crippen LogP contribution in [0.3, 0.4) is 0 Å². The van der Waals surface area contributed by atoms with Crippen LogP contribution >= 0.6 is 0 Å². The lowest BCUT2D eigenvalue weighted by molar-refractivity contribution is 0.0977. The van der Waals surface area contributed by atoms with Crippen molar-refractivity contribution in [3.8, 4) is 0 Å². The smallest absolute Gasteiger partial charge is 0.190 e. The van der Waals surface area contributed by atoms with E-state index >= 15 is 0 Å². The number of benzene rings is 5. The molecule has 0 spiro atoms. The van der Waals surface area contributed by atoms with Crippen molar-refractivity contribution < 1.29 is 4.79 Å². The largest absolute Gasteiger partial charge is 0.371 e. The summed E-state index contributed by atoms with van der Waals surface area (Å²) in [5.41, 5.74) is 8.92. The number of Topliss-reactive ketones (excluding diaryl/α,β-unsaturated/α-hetero) is 1. The molecular weight excluding hydrogens is 426 g/mol. The summed E-state index contributed by atoms with van der Waals surface area (Å²) in [4.78, 5) is 13.6. The summed E-state index contributed by atoms with van der Waals surface area (Å²) in [6.45, 7) is 4.28. The molecule has 0 bridgehead atoms. The third-order valence-corrected chi connectivity index (χ3v) is 7.15. The van der Waals surface area contributed by atoms with Gasteiger partial charge in [-0.05, 0) is 52.4 Å². The maximum absolute atomic E-state index is 13.6. The quantitative estimate of drug-likeness (QED) is 0.273. The van der Waals surface area contributed by atoms with E-state index in [4.69, 9.17) is 0 Å². The molecule has 1 atom stereocenters. The second kappa shape index (κ2) is 8.56. The fraction of sp³-hybridized carbons (Fsp3) is 0.121. The summed E-state index contributed by atoms with van der Waals surface area (Å²) in [6, 6.07) is 37.6. The van der Waals surface area contributed by atoms with Crippen molar-refractivity contribution in [1.82, 2.24) is 0 Å². The first kappa shape index (κ1) is 21.4. The molecule has 6 rings (SSSR count). The summed E-state index contributed by atoms with van der Waals surface area (Å²) in [6.07, 6.45) is 0. The number of ketones is 1. The molecule has 0 heterocycles. The predicted molar refractivity (Wildman–Crippen MR) is 144 cm³/mol. The molecular formula is C33H27NO. The highest BCUT2D eigenvalue weighted by Gasteiger charge is 2.34. The van der Waals surface area contributed by atoms with Gasteiger partial charge in [0.2, 0.25) is 0 Å². The summed E-state index contributed by atoms with van der Waals surface area (Å²) < 4.78 is 0. The lowest BCUT2D eigenvalue weighted by atomic mass is 9.82. The fourth-order valence-electron chi connectivity index (χ4n) is 5.67. The van der Waals surface area contributed by atoms with Crippen LogP contribution in [0.4, 0.5) is 5.69 Å². The van der Waals surface area contributed by atoms with E-state index in [1.54, 1.807) is 0 Å². The van der Waals surface area contributed by atoms with Crippen LogP contribution in [-0.2, 0) is 0 Å². The topological polar surface area (TPSA) is 29.1 Å². The molecule has 2 nitrogen and oxygen atoms in total. The lowest BCUT2D eigenvalue weighted by Crippen LogP contribution is -2.19. The van der Waals surface area contributed by atoms with E-state index in [0.29, 0.717) is 0 Å². The molecule has 170 valence electrons. The predicted octanol–water partition coefficient (Wildman–Crippen LogP) is 7.99. The lowest BCUT2D eigenvalue weighted by Gasteiger charge is -2.26. The highest BCUT2D eigenvalue weighted by atomic mass is 16.1. The molecule has 1 aliphatic rings. The van der Waals surface area contributed by atoms with Crippen LogP contribution in [0.15, 0.2) is 109 Å². The number of rotatable bonds is 5. The second-order valence-corrected chi connectivity index (χ2v) is 9.49. The van der Waals surface area contributed by atoms with E-state index in [9.17, 15) is 4.79 Å². The number of aryl methyl sites for hydroxylation is 2. The van der Waals surface area contributed by atoms with Crippen LogP contribution in [0.25, 0.3) is 10.8 Å². The van der Waals surface area contributed by atoms with Crippen LogP contribution < -0.4 is 5.32 Å². The molecule has 0 saturated heterocycles. The van der Waals surface area contributed by atoms with E-state index in [1.807, 2.05) is 18.2 Å². The molecule has 2 heteroatoms. The average Bonchev–Trinajstić information content (AvgIpc) is 3.15. The molecule has 0 aromatic heterocycles.